The molecule has 1 heterocycles. The summed E-state index contributed by atoms with van der Waals surface area (Å²) < 4.78 is 32.5. The van der Waals surface area contributed by atoms with Gasteiger partial charge in [0.2, 0.25) is 10.0 Å². The van der Waals surface area contributed by atoms with Gasteiger partial charge in [0.1, 0.15) is 0 Å². The molecule has 9 heteroatoms. The summed E-state index contributed by atoms with van der Waals surface area (Å²) in [6.07, 6.45) is 1.43. The van der Waals surface area contributed by atoms with Gasteiger partial charge in [-0.15, -0.1) is 0 Å². The molecule has 0 radical (unpaired) electrons. The lowest BCUT2D eigenvalue weighted by Gasteiger charge is -2.27. The first-order valence-corrected chi connectivity index (χ1v) is 10.7. The molecule has 1 saturated heterocycles. The van der Waals surface area contributed by atoms with Gasteiger partial charge in [0.25, 0.3) is 0 Å². The zero-order valence-corrected chi connectivity index (χ0v) is 16.7. The summed E-state index contributed by atoms with van der Waals surface area (Å²) in [5.74, 6) is -0.850. The van der Waals surface area contributed by atoms with Gasteiger partial charge in [-0.1, -0.05) is 6.92 Å². The van der Waals surface area contributed by atoms with E-state index in [1.54, 1.807) is 18.2 Å². The largest absolute Gasteiger partial charge is 0.481 e. The molecule has 1 aromatic carbocycles. The number of hydrogen-bond donors (Lipinski definition) is 3. The molecule has 2 rings (SSSR count). The third-order valence-corrected chi connectivity index (χ3v) is 6.25. The maximum atomic E-state index is 12.9. The third kappa shape index (κ3) is 6.08. The summed E-state index contributed by atoms with van der Waals surface area (Å²) in [5, 5.41) is 15.4. The Labute approximate surface area is 160 Å². The molecule has 0 saturated carbocycles. The van der Waals surface area contributed by atoms with Gasteiger partial charge in [0, 0.05) is 32.1 Å². The van der Waals surface area contributed by atoms with Crippen molar-refractivity contribution >= 4 is 27.4 Å². The fourth-order valence-electron chi connectivity index (χ4n) is 2.83. The van der Waals surface area contributed by atoms with Crippen molar-refractivity contribution in [2.75, 3.05) is 43.5 Å². The first-order chi connectivity index (χ1) is 12.8. The smallest absolute Gasteiger partial charge is 0.303 e. The van der Waals surface area contributed by atoms with Crippen LogP contribution >= 0.6 is 0 Å². The van der Waals surface area contributed by atoms with Crippen molar-refractivity contribution in [3.05, 3.63) is 18.2 Å². The van der Waals surface area contributed by atoms with Gasteiger partial charge >= 0.3 is 5.97 Å². The number of benzene rings is 1. The summed E-state index contributed by atoms with van der Waals surface area (Å²) >= 11 is 0. The van der Waals surface area contributed by atoms with E-state index in [0.29, 0.717) is 38.4 Å². The zero-order valence-electron chi connectivity index (χ0n) is 15.9. The van der Waals surface area contributed by atoms with Crippen LogP contribution in [0.5, 0.6) is 0 Å². The Bertz CT molecular complexity index is 733. The SMILES string of the molecule is CCCNc1ccc(S(=O)(=O)N2CCOCC2)cc1N[C@H](C)CCC(=O)O. The first-order valence-electron chi connectivity index (χ1n) is 9.28. The summed E-state index contributed by atoms with van der Waals surface area (Å²) in [6.45, 7) is 6.17. The number of anilines is 2. The Morgan fingerprint density at radius 2 is 2.00 bits per heavy atom. The highest BCUT2D eigenvalue weighted by Crippen LogP contribution is 2.28. The van der Waals surface area contributed by atoms with Crippen LogP contribution in [0, 0.1) is 0 Å². The fourth-order valence-corrected chi connectivity index (χ4v) is 4.27. The van der Waals surface area contributed by atoms with Crippen LogP contribution in [0.15, 0.2) is 23.1 Å². The fraction of sp³-hybridized carbons (Fsp3) is 0.611. The molecule has 1 aliphatic heterocycles. The predicted octanol–water partition coefficient (Wildman–Crippen LogP) is 2.19. The van der Waals surface area contributed by atoms with Crippen molar-refractivity contribution in [1.82, 2.24) is 4.31 Å². The second-order valence-electron chi connectivity index (χ2n) is 6.63. The van der Waals surface area contributed by atoms with E-state index in [9.17, 15) is 13.2 Å². The van der Waals surface area contributed by atoms with Gasteiger partial charge < -0.3 is 20.5 Å². The van der Waals surface area contributed by atoms with E-state index in [0.717, 1.165) is 18.7 Å². The minimum Gasteiger partial charge on any atom is -0.481 e. The minimum atomic E-state index is -3.59. The molecule has 1 aromatic rings. The lowest BCUT2D eigenvalue weighted by Crippen LogP contribution is -2.40. The number of aliphatic carboxylic acids is 1. The topological polar surface area (TPSA) is 108 Å². The van der Waals surface area contributed by atoms with E-state index >= 15 is 0 Å². The number of nitrogens with one attached hydrogen (secondary N) is 2. The van der Waals surface area contributed by atoms with Crippen LogP contribution in [0.1, 0.15) is 33.1 Å². The highest BCUT2D eigenvalue weighted by atomic mass is 32.2. The highest BCUT2D eigenvalue weighted by Gasteiger charge is 2.27. The molecule has 152 valence electrons. The summed E-state index contributed by atoms with van der Waals surface area (Å²) in [5.41, 5.74) is 1.47. The van der Waals surface area contributed by atoms with E-state index in [1.165, 1.54) is 4.31 Å². The number of carbonyl (C=O) groups is 1. The lowest BCUT2D eigenvalue weighted by molar-refractivity contribution is -0.137. The quantitative estimate of drug-likeness (QED) is 0.553. The van der Waals surface area contributed by atoms with Gasteiger partial charge in [0.05, 0.1) is 29.5 Å². The normalized spacial score (nSPS) is 16.7. The summed E-state index contributed by atoms with van der Waals surface area (Å²) in [6, 6.07) is 4.88. The van der Waals surface area contributed by atoms with Crippen LogP contribution in [0.2, 0.25) is 0 Å². The van der Waals surface area contributed by atoms with E-state index in [2.05, 4.69) is 10.6 Å². The van der Waals surface area contributed by atoms with Crippen LogP contribution in [0.25, 0.3) is 0 Å². The van der Waals surface area contributed by atoms with Crippen LogP contribution in [0.4, 0.5) is 11.4 Å². The average molecular weight is 400 g/mol. The molecule has 27 heavy (non-hydrogen) atoms. The van der Waals surface area contributed by atoms with Crippen molar-refractivity contribution in [2.45, 2.75) is 44.0 Å². The number of carboxylic acids is 1. The second kappa shape index (κ2) is 9.91. The van der Waals surface area contributed by atoms with Gasteiger partial charge in [-0.25, -0.2) is 8.42 Å². The van der Waals surface area contributed by atoms with E-state index < -0.39 is 16.0 Å². The Hall–Kier alpha value is -1.84. The summed E-state index contributed by atoms with van der Waals surface area (Å²) in [7, 11) is -3.59. The molecule has 3 N–H and O–H groups in total. The Morgan fingerprint density at radius 3 is 2.63 bits per heavy atom. The molecule has 0 amide bonds. The number of rotatable bonds is 10. The molecule has 0 aliphatic carbocycles. The molecule has 1 fully saturated rings. The molecule has 0 bridgehead atoms. The maximum absolute atomic E-state index is 12.9. The number of nitrogens with zero attached hydrogens (tertiary/aromatic N) is 1. The minimum absolute atomic E-state index is 0.0532. The Balaban J connectivity index is 2.25. The third-order valence-electron chi connectivity index (χ3n) is 4.36. The molecule has 0 unspecified atom stereocenters. The van der Waals surface area contributed by atoms with Gasteiger partial charge in [-0.3, -0.25) is 4.79 Å². The highest BCUT2D eigenvalue weighted by molar-refractivity contribution is 7.89. The second-order valence-corrected chi connectivity index (χ2v) is 8.57. The average Bonchev–Trinajstić information content (AvgIpc) is 2.66. The number of hydrogen-bond acceptors (Lipinski definition) is 6. The van der Waals surface area contributed by atoms with E-state index in [4.69, 9.17) is 9.84 Å². The van der Waals surface area contributed by atoms with Crippen LogP contribution in [0.3, 0.4) is 0 Å². The van der Waals surface area contributed by atoms with E-state index in [-0.39, 0.29) is 17.4 Å². The number of sulfonamides is 1. The maximum Gasteiger partial charge on any atom is 0.303 e. The summed E-state index contributed by atoms with van der Waals surface area (Å²) in [4.78, 5) is 11.0. The molecule has 0 spiro atoms. The lowest BCUT2D eigenvalue weighted by atomic mass is 10.1. The Kier molecular flexibility index (Phi) is 7.88. The van der Waals surface area contributed by atoms with Crippen molar-refractivity contribution in [3.8, 4) is 0 Å². The number of carboxylic acid groups (broad SMARTS) is 1. The van der Waals surface area contributed by atoms with Crippen LogP contribution in [-0.2, 0) is 19.6 Å². The standard InChI is InChI=1S/C18H29N3O5S/c1-3-8-19-16-6-5-15(27(24,25)21-9-11-26-12-10-21)13-17(16)20-14(2)4-7-18(22)23/h5-6,13-14,19-20H,3-4,7-12H2,1-2H3,(H,22,23)/t14-/m1/s1. The van der Waals surface area contributed by atoms with Crippen molar-refractivity contribution in [1.29, 1.82) is 0 Å². The number of ether oxygens (including phenoxy) is 1. The Morgan fingerprint density at radius 1 is 1.30 bits per heavy atom. The molecular formula is C18H29N3O5S. The van der Waals surface area contributed by atoms with Crippen LogP contribution in [-0.4, -0.2) is 62.7 Å². The first kappa shape index (κ1) is 21.5. The molecule has 8 nitrogen and oxygen atoms in total. The molecule has 1 aliphatic rings. The van der Waals surface area contributed by atoms with Crippen LogP contribution < -0.4 is 10.6 Å². The molecule has 0 aromatic heterocycles. The van der Waals surface area contributed by atoms with Crippen molar-refractivity contribution < 1.29 is 23.1 Å². The van der Waals surface area contributed by atoms with Gasteiger partial charge in [-0.05, 0) is 38.0 Å². The van der Waals surface area contributed by atoms with Gasteiger partial charge in [0.15, 0.2) is 0 Å². The van der Waals surface area contributed by atoms with Gasteiger partial charge in [-0.2, -0.15) is 4.31 Å². The molecule has 1 atom stereocenters. The van der Waals surface area contributed by atoms with Crippen molar-refractivity contribution in [2.24, 2.45) is 0 Å². The van der Waals surface area contributed by atoms with Crippen molar-refractivity contribution in [3.63, 3.8) is 0 Å². The zero-order chi connectivity index (χ0) is 19.9. The monoisotopic (exact) mass is 399 g/mol. The predicted molar refractivity (Wildman–Crippen MR) is 105 cm³/mol. The number of morpholine rings is 1. The van der Waals surface area contributed by atoms with E-state index in [1.807, 2.05) is 13.8 Å². The molecular weight excluding hydrogens is 370 g/mol.